The second-order valence-electron chi connectivity index (χ2n) is 8.96. The van der Waals surface area contributed by atoms with E-state index in [1.165, 1.54) is 11.6 Å². The highest BCUT2D eigenvalue weighted by molar-refractivity contribution is 5.94. The lowest BCUT2D eigenvalue weighted by Gasteiger charge is -2.19. The number of nitrogens with one attached hydrogen (secondary N) is 1. The summed E-state index contributed by atoms with van der Waals surface area (Å²) < 4.78 is 48.6. The van der Waals surface area contributed by atoms with Crippen molar-refractivity contribution in [2.45, 2.75) is 26.6 Å². The van der Waals surface area contributed by atoms with Gasteiger partial charge < -0.3 is 14.6 Å². The molecule has 6 nitrogen and oxygen atoms in total. The molecule has 198 valence electrons. The van der Waals surface area contributed by atoms with E-state index in [-0.39, 0.29) is 18.1 Å². The van der Waals surface area contributed by atoms with Crippen molar-refractivity contribution < 1.29 is 22.7 Å². The van der Waals surface area contributed by atoms with Gasteiger partial charge in [0.05, 0.1) is 18.7 Å². The molecule has 0 unspecified atom stereocenters. The summed E-state index contributed by atoms with van der Waals surface area (Å²) in [5.41, 5.74) is 0.138. The Hall–Kier alpha value is -4.84. The number of rotatable bonds is 6. The smallest absolute Gasteiger partial charge is 0.407 e. The van der Waals surface area contributed by atoms with Crippen molar-refractivity contribution in [3.63, 3.8) is 0 Å². The lowest BCUT2D eigenvalue weighted by Crippen LogP contribution is -2.25. The van der Waals surface area contributed by atoms with Gasteiger partial charge in [0, 0.05) is 18.3 Å². The maximum atomic E-state index is 13.9. The van der Waals surface area contributed by atoms with Gasteiger partial charge in [-0.1, -0.05) is 29.8 Å². The van der Waals surface area contributed by atoms with Crippen molar-refractivity contribution in [2.24, 2.45) is 0 Å². The van der Waals surface area contributed by atoms with Crippen molar-refractivity contribution >= 4 is 11.6 Å². The summed E-state index contributed by atoms with van der Waals surface area (Å²) in [7, 11) is 1.52. The third kappa shape index (κ3) is 5.85. The van der Waals surface area contributed by atoms with E-state index >= 15 is 0 Å². The molecule has 0 radical (unpaired) electrons. The molecular formula is C30H24F3N3O3. The van der Waals surface area contributed by atoms with E-state index in [1.54, 1.807) is 48.5 Å². The van der Waals surface area contributed by atoms with E-state index in [2.05, 4.69) is 10.2 Å². The van der Waals surface area contributed by atoms with E-state index in [0.717, 1.165) is 22.8 Å². The van der Waals surface area contributed by atoms with Crippen molar-refractivity contribution in [1.29, 1.82) is 0 Å². The number of carbonyl (C=O) groups excluding carboxylic acids is 1. The zero-order chi connectivity index (χ0) is 28.3. The van der Waals surface area contributed by atoms with E-state index in [9.17, 15) is 22.8 Å². The summed E-state index contributed by atoms with van der Waals surface area (Å²) in [5, 5.41) is 2.53. The number of aromatic nitrogens is 1. The molecule has 0 saturated heterocycles. The molecule has 0 aliphatic carbocycles. The molecule has 0 aliphatic rings. The monoisotopic (exact) mass is 531 g/mol. The Morgan fingerprint density at radius 1 is 1.00 bits per heavy atom. The molecule has 0 atom stereocenters. The Balaban J connectivity index is 1.79. The zero-order valence-corrected chi connectivity index (χ0v) is 21.4. The third-order valence-corrected chi connectivity index (χ3v) is 6.23. The SMILES string of the molecule is [C-]#[N+]c1c(C(F)(F)F)cc(-c2ccc(Oc3cccc(C(=O)NC)c3)cc2)n(Cc2ccc(C)cc2C)c1=O. The maximum absolute atomic E-state index is 13.9. The van der Waals surface area contributed by atoms with Gasteiger partial charge in [-0.3, -0.25) is 9.59 Å². The van der Waals surface area contributed by atoms with Crippen molar-refractivity contribution in [3.8, 4) is 22.8 Å². The highest BCUT2D eigenvalue weighted by Crippen LogP contribution is 2.37. The maximum Gasteiger partial charge on any atom is 0.407 e. The summed E-state index contributed by atoms with van der Waals surface area (Å²) in [5.74, 6) is 0.502. The van der Waals surface area contributed by atoms with E-state index in [0.29, 0.717) is 22.6 Å². The highest BCUT2D eigenvalue weighted by Gasteiger charge is 2.36. The Morgan fingerprint density at radius 2 is 1.72 bits per heavy atom. The summed E-state index contributed by atoms with van der Waals surface area (Å²) >= 11 is 0. The highest BCUT2D eigenvalue weighted by atomic mass is 19.4. The number of pyridine rings is 1. The quantitative estimate of drug-likeness (QED) is 0.275. The first-order valence-corrected chi connectivity index (χ1v) is 11.9. The second kappa shape index (κ2) is 10.9. The molecule has 9 heteroatoms. The number of alkyl halides is 3. The van der Waals surface area contributed by atoms with Gasteiger partial charge in [-0.2, -0.15) is 13.2 Å². The van der Waals surface area contributed by atoms with Gasteiger partial charge in [0.1, 0.15) is 11.5 Å². The fourth-order valence-electron chi connectivity index (χ4n) is 4.22. The fourth-order valence-corrected chi connectivity index (χ4v) is 4.22. The van der Waals surface area contributed by atoms with Crippen LogP contribution in [-0.2, 0) is 12.7 Å². The van der Waals surface area contributed by atoms with Gasteiger partial charge in [-0.05, 0) is 79.1 Å². The first-order valence-electron chi connectivity index (χ1n) is 11.9. The lowest BCUT2D eigenvalue weighted by atomic mass is 10.0. The Labute approximate surface area is 223 Å². The van der Waals surface area contributed by atoms with Gasteiger partial charge in [0.15, 0.2) is 0 Å². The Bertz CT molecular complexity index is 1650. The van der Waals surface area contributed by atoms with Crippen LogP contribution in [0.4, 0.5) is 18.9 Å². The molecule has 0 aliphatic heterocycles. The third-order valence-electron chi connectivity index (χ3n) is 6.23. The van der Waals surface area contributed by atoms with E-state index in [4.69, 9.17) is 11.3 Å². The van der Waals surface area contributed by atoms with Crippen LogP contribution in [0.3, 0.4) is 0 Å². The molecule has 3 aromatic carbocycles. The average Bonchev–Trinajstić information content (AvgIpc) is 2.90. The van der Waals surface area contributed by atoms with Gasteiger partial charge >= 0.3 is 6.18 Å². The topological polar surface area (TPSA) is 64.7 Å². The predicted molar refractivity (Wildman–Crippen MR) is 142 cm³/mol. The molecule has 0 fully saturated rings. The largest absolute Gasteiger partial charge is 0.457 e. The zero-order valence-electron chi connectivity index (χ0n) is 21.4. The average molecular weight is 532 g/mol. The van der Waals surface area contributed by atoms with Crippen molar-refractivity contribution in [3.05, 3.63) is 122 Å². The van der Waals surface area contributed by atoms with Crippen LogP contribution in [0.1, 0.15) is 32.6 Å². The normalized spacial score (nSPS) is 11.1. The molecule has 0 bridgehead atoms. The summed E-state index contributed by atoms with van der Waals surface area (Å²) in [6.07, 6.45) is -4.88. The van der Waals surface area contributed by atoms with Crippen LogP contribution in [0, 0.1) is 20.4 Å². The van der Waals surface area contributed by atoms with E-state index < -0.39 is 23.0 Å². The molecular weight excluding hydrogens is 507 g/mol. The number of benzene rings is 3. The molecule has 1 aromatic heterocycles. The molecule has 39 heavy (non-hydrogen) atoms. The van der Waals surface area contributed by atoms with Crippen LogP contribution < -0.4 is 15.6 Å². The van der Waals surface area contributed by atoms with Crippen LogP contribution in [-0.4, -0.2) is 17.5 Å². The molecule has 4 rings (SSSR count). The Kier molecular flexibility index (Phi) is 7.58. The second-order valence-corrected chi connectivity index (χ2v) is 8.96. The van der Waals surface area contributed by atoms with Crippen molar-refractivity contribution in [2.75, 3.05) is 7.05 Å². The summed E-state index contributed by atoms with van der Waals surface area (Å²) in [6, 6.07) is 19.2. The van der Waals surface area contributed by atoms with Gasteiger partial charge in [0.25, 0.3) is 17.2 Å². The number of ether oxygens (including phenoxy) is 1. The minimum absolute atomic E-state index is 0.00846. The number of nitrogens with zero attached hydrogens (tertiary/aromatic N) is 2. The number of carbonyl (C=O) groups is 1. The number of aryl methyl sites for hydroxylation is 2. The predicted octanol–water partition coefficient (Wildman–Crippen LogP) is 6.90. The molecule has 0 saturated carbocycles. The summed E-state index contributed by atoms with van der Waals surface area (Å²) in [4.78, 5) is 28.1. The number of amides is 1. The number of hydrogen-bond acceptors (Lipinski definition) is 3. The van der Waals surface area contributed by atoms with Gasteiger partial charge in [-0.25, -0.2) is 4.85 Å². The van der Waals surface area contributed by atoms with E-state index in [1.807, 2.05) is 32.0 Å². The standard InChI is InChI=1S/C30H24F3N3O3/c1-18-8-9-22(19(2)14-18)17-36-26(16-25(30(31,32)33)27(34-3)29(36)38)20-10-12-23(13-11-20)39-24-7-5-6-21(15-24)28(37)35-4/h5-16H,17H2,1-2,4H3,(H,35,37). The van der Waals surface area contributed by atoms with Crippen LogP contribution in [0.2, 0.25) is 0 Å². The van der Waals surface area contributed by atoms with Crippen LogP contribution in [0.15, 0.2) is 77.6 Å². The lowest BCUT2D eigenvalue weighted by molar-refractivity contribution is -0.136. The molecule has 0 spiro atoms. The van der Waals surface area contributed by atoms with Crippen molar-refractivity contribution in [1.82, 2.24) is 9.88 Å². The number of hydrogen-bond donors (Lipinski definition) is 1. The summed E-state index contributed by atoms with van der Waals surface area (Å²) in [6.45, 7) is 11.1. The Morgan fingerprint density at radius 3 is 2.33 bits per heavy atom. The van der Waals surface area contributed by atoms with Gasteiger partial charge in [0.2, 0.25) is 0 Å². The first-order chi connectivity index (χ1) is 18.5. The molecule has 1 heterocycles. The van der Waals surface area contributed by atoms with Crippen LogP contribution in [0.25, 0.3) is 16.1 Å². The first kappa shape index (κ1) is 27.2. The molecule has 1 amide bonds. The molecule has 1 N–H and O–H groups in total. The fraction of sp³-hybridized carbons (Fsp3) is 0.167. The van der Waals surface area contributed by atoms with Gasteiger partial charge in [-0.15, -0.1) is 0 Å². The van der Waals surface area contributed by atoms with Crippen LogP contribution in [0.5, 0.6) is 11.5 Å². The minimum atomic E-state index is -4.88. The van der Waals surface area contributed by atoms with Crippen LogP contribution >= 0.6 is 0 Å². The number of halogens is 3. The molecule has 4 aromatic rings. The minimum Gasteiger partial charge on any atom is -0.457 e.